The summed E-state index contributed by atoms with van der Waals surface area (Å²) in [6.07, 6.45) is 7.60. The summed E-state index contributed by atoms with van der Waals surface area (Å²) < 4.78 is 5.08. The van der Waals surface area contributed by atoms with Gasteiger partial charge in [0, 0.05) is 32.1 Å². The number of nitrogens with zero attached hydrogens (tertiary/aromatic N) is 4. The van der Waals surface area contributed by atoms with Crippen LogP contribution in [0, 0.1) is 5.92 Å². The summed E-state index contributed by atoms with van der Waals surface area (Å²) in [6.45, 7) is 1.75. The molecular formula is C15H22N4O2. The first-order valence-corrected chi connectivity index (χ1v) is 7.56. The highest BCUT2D eigenvalue weighted by Crippen LogP contribution is 2.32. The quantitative estimate of drug-likeness (QED) is 0.837. The number of aromatic nitrogens is 2. The largest absolute Gasteiger partial charge is 0.494 e. The number of hydrogen-bond donors (Lipinski definition) is 0. The second-order valence-corrected chi connectivity index (χ2v) is 5.89. The van der Waals surface area contributed by atoms with Gasteiger partial charge in [0.15, 0.2) is 5.75 Å². The predicted molar refractivity (Wildman–Crippen MR) is 79.3 cm³/mol. The molecule has 1 unspecified atom stereocenters. The fraction of sp³-hybridized carbons (Fsp3) is 0.667. The first-order valence-electron chi connectivity index (χ1n) is 7.56. The molecule has 2 aliphatic rings. The van der Waals surface area contributed by atoms with E-state index in [1.165, 1.54) is 0 Å². The van der Waals surface area contributed by atoms with Crippen LogP contribution in [0.5, 0.6) is 5.75 Å². The van der Waals surface area contributed by atoms with E-state index in [1.807, 2.05) is 11.9 Å². The van der Waals surface area contributed by atoms with Crippen molar-refractivity contribution in [1.29, 1.82) is 0 Å². The predicted octanol–water partition coefficient (Wildman–Crippen LogP) is 1.32. The Morgan fingerprint density at radius 1 is 1.33 bits per heavy atom. The highest BCUT2D eigenvalue weighted by molar-refractivity contribution is 5.81. The van der Waals surface area contributed by atoms with Crippen LogP contribution in [0.2, 0.25) is 0 Å². The number of methoxy groups -OCH3 is 1. The Labute approximate surface area is 125 Å². The van der Waals surface area contributed by atoms with Crippen molar-refractivity contribution < 1.29 is 9.53 Å². The minimum atomic E-state index is 0.262. The number of carbonyl (C=O) groups is 1. The summed E-state index contributed by atoms with van der Waals surface area (Å²) in [6, 6.07) is 0.262. The molecular weight excluding hydrogens is 268 g/mol. The number of amides is 1. The average molecular weight is 290 g/mol. The number of likely N-dealkylation sites (N-methyl/N-ethyl adjacent to an activating group) is 1. The summed E-state index contributed by atoms with van der Waals surface area (Å²) in [4.78, 5) is 25.0. The van der Waals surface area contributed by atoms with Crippen molar-refractivity contribution in [2.24, 2.45) is 5.92 Å². The third-order valence-electron chi connectivity index (χ3n) is 4.35. The number of ether oxygens (including phenoxy) is 1. The number of hydrogen-bond acceptors (Lipinski definition) is 5. The van der Waals surface area contributed by atoms with E-state index in [-0.39, 0.29) is 12.0 Å². The maximum absolute atomic E-state index is 12.2. The monoisotopic (exact) mass is 290 g/mol. The van der Waals surface area contributed by atoms with Crippen molar-refractivity contribution in [3.05, 3.63) is 12.4 Å². The Hall–Kier alpha value is -1.85. The van der Waals surface area contributed by atoms with Gasteiger partial charge in [0.05, 0.1) is 19.5 Å². The van der Waals surface area contributed by atoms with E-state index in [4.69, 9.17) is 4.74 Å². The zero-order valence-electron chi connectivity index (χ0n) is 12.7. The van der Waals surface area contributed by atoms with Gasteiger partial charge in [0.1, 0.15) is 0 Å². The molecule has 1 aliphatic carbocycles. The van der Waals surface area contributed by atoms with Gasteiger partial charge in [-0.1, -0.05) is 0 Å². The molecule has 2 fully saturated rings. The molecule has 0 radical (unpaired) electrons. The van der Waals surface area contributed by atoms with Crippen LogP contribution < -0.4 is 9.64 Å². The third kappa shape index (κ3) is 3.09. The maximum Gasteiger partial charge on any atom is 0.225 e. The molecule has 1 saturated carbocycles. The van der Waals surface area contributed by atoms with E-state index in [0.29, 0.717) is 17.6 Å². The minimum absolute atomic E-state index is 0.262. The van der Waals surface area contributed by atoms with E-state index in [1.54, 1.807) is 19.5 Å². The molecule has 2 heterocycles. The molecule has 1 saturated heterocycles. The Bertz CT molecular complexity index is 501. The van der Waals surface area contributed by atoms with Crippen LogP contribution in [0.4, 0.5) is 5.95 Å². The standard InChI is InChI=1S/C15H22N4O2/c1-18(14(20)11-5-6-11)12-4-3-7-19(10-12)15-16-8-13(21-2)9-17-15/h8-9,11-12H,3-7,10H2,1-2H3. The van der Waals surface area contributed by atoms with Crippen LogP contribution in [0.1, 0.15) is 25.7 Å². The van der Waals surface area contributed by atoms with Crippen LogP contribution in [-0.2, 0) is 4.79 Å². The van der Waals surface area contributed by atoms with Crippen molar-refractivity contribution in [1.82, 2.24) is 14.9 Å². The molecule has 1 aromatic heterocycles. The van der Waals surface area contributed by atoms with Gasteiger partial charge < -0.3 is 14.5 Å². The van der Waals surface area contributed by atoms with Crippen LogP contribution in [-0.4, -0.2) is 54.1 Å². The first kappa shape index (κ1) is 14.1. The fourth-order valence-electron chi connectivity index (χ4n) is 2.83. The van der Waals surface area contributed by atoms with Gasteiger partial charge in [-0.05, 0) is 25.7 Å². The average Bonchev–Trinajstić information content (AvgIpc) is 3.38. The molecule has 0 spiro atoms. The molecule has 114 valence electrons. The number of carbonyl (C=O) groups excluding carboxylic acids is 1. The summed E-state index contributed by atoms with van der Waals surface area (Å²) in [5.41, 5.74) is 0. The van der Waals surface area contributed by atoms with Gasteiger partial charge >= 0.3 is 0 Å². The second kappa shape index (κ2) is 5.87. The molecule has 6 nitrogen and oxygen atoms in total. The molecule has 6 heteroatoms. The lowest BCUT2D eigenvalue weighted by Crippen LogP contribution is -2.49. The fourth-order valence-corrected chi connectivity index (χ4v) is 2.83. The second-order valence-electron chi connectivity index (χ2n) is 5.89. The molecule has 1 aromatic rings. The Morgan fingerprint density at radius 2 is 2.05 bits per heavy atom. The molecule has 21 heavy (non-hydrogen) atoms. The number of anilines is 1. The van der Waals surface area contributed by atoms with E-state index >= 15 is 0 Å². The zero-order chi connectivity index (χ0) is 14.8. The highest BCUT2D eigenvalue weighted by atomic mass is 16.5. The van der Waals surface area contributed by atoms with Crippen molar-refractivity contribution in [2.45, 2.75) is 31.7 Å². The van der Waals surface area contributed by atoms with E-state index in [0.717, 1.165) is 38.8 Å². The number of piperidine rings is 1. The normalized spacial score (nSPS) is 22.0. The molecule has 0 bridgehead atoms. The summed E-state index contributed by atoms with van der Waals surface area (Å²) >= 11 is 0. The van der Waals surface area contributed by atoms with Crippen LogP contribution >= 0.6 is 0 Å². The van der Waals surface area contributed by atoms with E-state index in [9.17, 15) is 4.79 Å². The van der Waals surface area contributed by atoms with Gasteiger partial charge in [-0.15, -0.1) is 0 Å². The van der Waals surface area contributed by atoms with E-state index < -0.39 is 0 Å². The molecule has 3 rings (SSSR count). The highest BCUT2D eigenvalue weighted by Gasteiger charge is 2.36. The SMILES string of the molecule is COc1cnc(N2CCCC(N(C)C(=O)C3CC3)C2)nc1. The summed E-state index contributed by atoms with van der Waals surface area (Å²) in [7, 11) is 3.54. The van der Waals surface area contributed by atoms with Crippen molar-refractivity contribution in [3.63, 3.8) is 0 Å². The minimum Gasteiger partial charge on any atom is -0.494 e. The van der Waals surface area contributed by atoms with Crippen LogP contribution in [0.3, 0.4) is 0 Å². The lowest BCUT2D eigenvalue weighted by Gasteiger charge is -2.37. The first-order chi connectivity index (χ1) is 10.2. The molecule has 0 N–H and O–H groups in total. The summed E-state index contributed by atoms with van der Waals surface area (Å²) in [5.74, 6) is 1.96. The van der Waals surface area contributed by atoms with Crippen LogP contribution in [0.25, 0.3) is 0 Å². The van der Waals surface area contributed by atoms with Crippen LogP contribution in [0.15, 0.2) is 12.4 Å². The van der Waals surface area contributed by atoms with E-state index in [2.05, 4.69) is 14.9 Å². The van der Waals surface area contributed by atoms with Crippen molar-refractivity contribution in [2.75, 3.05) is 32.1 Å². The lowest BCUT2D eigenvalue weighted by molar-refractivity contribution is -0.133. The molecule has 1 aliphatic heterocycles. The summed E-state index contributed by atoms with van der Waals surface area (Å²) in [5, 5.41) is 0. The van der Waals surface area contributed by atoms with Crippen molar-refractivity contribution >= 4 is 11.9 Å². The van der Waals surface area contributed by atoms with Crippen molar-refractivity contribution in [3.8, 4) is 5.75 Å². The molecule has 1 atom stereocenters. The van der Waals surface area contributed by atoms with Gasteiger partial charge in [-0.3, -0.25) is 4.79 Å². The Balaban J connectivity index is 1.65. The van der Waals surface area contributed by atoms with Gasteiger partial charge in [0.2, 0.25) is 11.9 Å². The maximum atomic E-state index is 12.2. The lowest BCUT2D eigenvalue weighted by atomic mass is 10.0. The Morgan fingerprint density at radius 3 is 2.67 bits per heavy atom. The smallest absolute Gasteiger partial charge is 0.225 e. The molecule has 0 aromatic carbocycles. The van der Waals surface area contributed by atoms with Gasteiger partial charge in [-0.2, -0.15) is 0 Å². The zero-order valence-corrected chi connectivity index (χ0v) is 12.7. The number of rotatable bonds is 4. The third-order valence-corrected chi connectivity index (χ3v) is 4.35. The van der Waals surface area contributed by atoms with Gasteiger partial charge in [-0.25, -0.2) is 9.97 Å². The topological polar surface area (TPSA) is 58.6 Å². The molecule has 1 amide bonds. The Kier molecular flexibility index (Phi) is 3.94. The van der Waals surface area contributed by atoms with Gasteiger partial charge in [0.25, 0.3) is 0 Å².